The topological polar surface area (TPSA) is 92.8 Å². The first-order valence-electron chi connectivity index (χ1n) is 5.40. The van der Waals surface area contributed by atoms with E-state index >= 15 is 0 Å². The molecular formula is C12H10ClF3N4O. The molecule has 9 heteroatoms. The summed E-state index contributed by atoms with van der Waals surface area (Å²) >= 11 is 5.18. The Morgan fingerprint density at radius 1 is 1.19 bits per heavy atom. The Bertz CT molecular complexity index is 598. The third-order valence-electron chi connectivity index (χ3n) is 2.03. The molecule has 1 rings (SSSR count). The number of amidine groups is 2. The highest BCUT2D eigenvalue weighted by Gasteiger charge is 2.30. The fraction of sp³-hybridized carbons (Fsp3) is 0.0833. The van der Waals surface area contributed by atoms with Crippen LogP contribution in [0.4, 0.5) is 13.2 Å². The third-order valence-corrected chi connectivity index (χ3v) is 2.13. The Morgan fingerprint density at radius 2 is 1.86 bits per heavy atom. The average molecular weight is 319 g/mol. The predicted molar refractivity (Wildman–Crippen MR) is 73.4 cm³/mol. The van der Waals surface area contributed by atoms with Crippen LogP contribution in [0.3, 0.4) is 0 Å². The number of ether oxygens (including phenoxy) is 1. The van der Waals surface area contributed by atoms with Crippen LogP contribution in [0.25, 0.3) is 0 Å². The summed E-state index contributed by atoms with van der Waals surface area (Å²) in [6.45, 7) is 0. The molecular weight excluding hydrogens is 309 g/mol. The number of nitrogens with one attached hydrogen (secondary N) is 4. The second-order valence-electron chi connectivity index (χ2n) is 3.68. The molecule has 0 heterocycles. The van der Waals surface area contributed by atoms with Crippen LogP contribution < -0.4 is 10.1 Å². The Balaban J connectivity index is 2.69. The molecule has 0 spiro atoms. The molecule has 0 amide bonds. The fourth-order valence-corrected chi connectivity index (χ4v) is 1.32. The summed E-state index contributed by atoms with van der Waals surface area (Å²) in [6, 6.07) is 4.08. The number of hydrogen-bond acceptors (Lipinski definition) is 4. The van der Waals surface area contributed by atoms with Gasteiger partial charge in [-0.1, -0.05) is 6.07 Å². The lowest BCUT2D eigenvalue weighted by molar-refractivity contribution is -0.137. The van der Waals surface area contributed by atoms with E-state index in [9.17, 15) is 13.2 Å². The highest BCUT2D eigenvalue weighted by atomic mass is 35.5. The molecule has 0 aliphatic carbocycles. The van der Waals surface area contributed by atoms with Gasteiger partial charge in [-0.25, -0.2) is 0 Å². The highest BCUT2D eigenvalue weighted by molar-refractivity contribution is 6.65. The van der Waals surface area contributed by atoms with Crippen LogP contribution in [-0.2, 0) is 6.18 Å². The second-order valence-corrected chi connectivity index (χ2v) is 4.06. The minimum atomic E-state index is -4.50. The van der Waals surface area contributed by atoms with Crippen LogP contribution in [0.5, 0.6) is 5.75 Å². The van der Waals surface area contributed by atoms with E-state index in [-0.39, 0.29) is 11.6 Å². The smallest absolute Gasteiger partial charge is 0.416 e. The van der Waals surface area contributed by atoms with E-state index in [1.807, 2.05) is 0 Å². The van der Waals surface area contributed by atoms with Crippen LogP contribution >= 0.6 is 11.6 Å². The van der Waals surface area contributed by atoms with Gasteiger partial charge in [-0.05, 0) is 35.9 Å². The molecule has 112 valence electrons. The molecule has 0 saturated heterocycles. The van der Waals surface area contributed by atoms with Gasteiger partial charge in [0, 0.05) is 6.08 Å². The van der Waals surface area contributed by atoms with Crippen molar-refractivity contribution < 1.29 is 17.9 Å². The van der Waals surface area contributed by atoms with Gasteiger partial charge in [0.25, 0.3) is 0 Å². The van der Waals surface area contributed by atoms with Crippen molar-refractivity contribution >= 4 is 28.6 Å². The molecule has 0 fully saturated rings. The van der Waals surface area contributed by atoms with Crippen molar-refractivity contribution in [3.05, 3.63) is 42.0 Å². The minimum absolute atomic E-state index is 0.149. The Morgan fingerprint density at radius 3 is 2.43 bits per heavy atom. The Kier molecular flexibility index (Phi) is 5.48. The van der Waals surface area contributed by atoms with Crippen LogP contribution in [0.1, 0.15) is 5.56 Å². The maximum atomic E-state index is 12.5. The van der Waals surface area contributed by atoms with Gasteiger partial charge in [0.1, 0.15) is 11.6 Å². The van der Waals surface area contributed by atoms with E-state index in [2.05, 4.69) is 5.32 Å². The zero-order chi connectivity index (χ0) is 16.0. The van der Waals surface area contributed by atoms with Gasteiger partial charge in [0.05, 0.1) is 5.56 Å². The van der Waals surface area contributed by atoms with Crippen LogP contribution in [0.15, 0.2) is 36.4 Å². The molecule has 0 unspecified atom stereocenters. The lowest BCUT2D eigenvalue weighted by atomic mass is 10.2. The monoisotopic (exact) mass is 318 g/mol. The number of benzene rings is 1. The lowest BCUT2D eigenvalue weighted by Gasteiger charge is -2.09. The SMILES string of the molecule is N=C(Cl)NC(=N)/C=C\C(=N)Oc1cccc(C(F)(F)F)c1. The minimum Gasteiger partial charge on any atom is -0.440 e. The summed E-state index contributed by atoms with van der Waals surface area (Å²) < 4.78 is 42.4. The Labute approximate surface area is 122 Å². The molecule has 0 atom stereocenters. The van der Waals surface area contributed by atoms with Crippen LogP contribution in [-0.4, -0.2) is 17.0 Å². The maximum Gasteiger partial charge on any atom is 0.416 e. The molecule has 21 heavy (non-hydrogen) atoms. The number of hydrogen-bond donors (Lipinski definition) is 4. The van der Waals surface area contributed by atoms with Crippen molar-refractivity contribution in [1.82, 2.24) is 5.32 Å². The van der Waals surface area contributed by atoms with Crippen molar-refractivity contribution in [2.75, 3.05) is 0 Å². The summed E-state index contributed by atoms with van der Waals surface area (Å²) in [6.07, 6.45) is -2.38. The highest BCUT2D eigenvalue weighted by Crippen LogP contribution is 2.31. The van der Waals surface area contributed by atoms with E-state index in [1.54, 1.807) is 0 Å². The van der Waals surface area contributed by atoms with Gasteiger partial charge in [-0.3, -0.25) is 16.2 Å². The van der Waals surface area contributed by atoms with Crippen molar-refractivity contribution in [2.45, 2.75) is 6.18 Å². The van der Waals surface area contributed by atoms with Gasteiger partial charge in [0.15, 0.2) is 5.29 Å². The Hall–Kier alpha value is -2.35. The molecule has 0 bridgehead atoms. The van der Waals surface area contributed by atoms with Gasteiger partial charge < -0.3 is 10.1 Å². The van der Waals surface area contributed by atoms with E-state index in [4.69, 9.17) is 32.6 Å². The molecule has 4 N–H and O–H groups in total. The third kappa shape index (κ3) is 6.09. The molecule has 1 aromatic rings. The summed E-state index contributed by atoms with van der Waals surface area (Å²) in [5, 5.41) is 23.2. The molecule has 0 saturated carbocycles. The van der Waals surface area contributed by atoms with Crippen molar-refractivity contribution in [1.29, 1.82) is 16.2 Å². The molecule has 0 aromatic heterocycles. The predicted octanol–water partition coefficient (Wildman–Crippen LogP) is 3.36. The molecule has 1 aromatic carbocycles. The van der Waals surface area contributed by atoms with Gasteiger partial charge >= 0.3 is 6.18 Å². The van der Waals surface area contributed by atoms with E-state index in [0.29, 0.717) is 0 Å². The summed E-state index contributed by atoms with van der Waals surface area (Å²) in [7, 11) is 0. The zero-order valence-corrected chi connectivity index (χ0v) is 11.1. The summed E-state index contributed by atoms with van der Waals surface area (Å²) in [5.74, 6) is -0.890. The molecule has 0 radical (unpaired) electrons. The molecule has 5 nitrogen and oxygen atoms in total. The normalized spacial score (nSPS) is 11.2. The number of alkyl halides is 3. The van der Waals surface area contributed by atoms with E-state index in [1.165, 1.54) is 6.07 Å². The molecule has 0 aliphatic heterocycles. The maximum absolute atomic E-state index is 12.5. The van der Waals surface area contributed by atoms with Crippen molar-refractivity contribution in [2.24, 2.45) is 0 Å². The summed E-state index contributed by atoms with van der Waals surface area (Å²) in [5.41, 5.74) is -0.887. The first-order valence-corrected chi connectivity index (χ1v) is 5.77. The lowest BCUT2D eigenvalue weighted by Crippen LogP contribution is -2.23. The standard InChI is InChI=1S/C12H10ClF3N4O/c13-11(19)20-9(17)4-5-10(18)21-8-3-1-2-7(6-8)12(14,15)16/h1-6,18H,(H3,17,19,20)/b5-4-,18-10?. The van der Waals surface area contributed by atoms with E-state index < -0.39 is 22.9 Å². The quantitative estimate of drug-likeness (QED) is 0.391. The first kappa shape index (κ1) is 16.7. The average Bonchev–Trinajstić information content (AvgIpc) is 2.35. The van der Waals surface area contributed by atoms with Crippen LogP contribution in [0, 0.1) is 16.2 Å². The van der Waals surface area contributed by atoms with Gasteiger partial charge in [0.2, 0.25) is 5.90 Å². The number of halogens is 4. The van der Waals surface area contributed by atoms with Gasteiger partial charge in [-0.15, -0.1) is 0 Å². The summed E-state index contributed by atoms with van der Waals surface area (Å²) in [4.78, 5) is 0. The van der Waals surface area contributed by atoms with E-state index in [0.717, 1.165) is 30.4 Å². The zero-order valence-electron chi connectivity index (χ0n) is 10.4. The van der Waals surface area contributed by atoms with Crippen molar-refractivity contribution in [3.63, 3.8) is 0 Å². The fourth-order valence-electron chi connectivity index (χ4n) is 1.22. The second kappa shape index (κ2) is 6.89. The van der Waals surface area contributed by atoms with Crippen molar-refractivity contribution in [3.8, 4) is 5.75 Å². The first-order chi connectivity index (χ1) is 9.68. The number of rotatable bonds is 3. The largest absolute Gasteiger partial charge is 0.440 e. The molecule has 0 aliphatic rings. The van der Waals surface area contributed by atoms with Gasteiger partial charge in [-0.2, -0.15) is 13.2 Å². The van der Waals surface area contributed by atoms with Crippen LogP contribution in [0.2, 0.25) is 0 Å².